The molecule has 0 saturated carbocycles. The summed E-state index contributed by atoms with van der Waals surface area (Å²) >= 11 is 0. The van der Waals surface area contributed by atoms with E-state index in [4.69, 9.17) is 4.74 Å². The Balaban J connectivity index is 0.000001000. The first kappa shape index (κ1) is 10.2. The summed E-state index contributed by atoms with van der Waals surface area (Å²) in [6.07, 6.45) is 2.62. The summed E-state index contributed by atoms with van der Waals surface area (Å²) in [7, 11) is 0. The predicted octanol–water partition coefficient (Wildman–Crippen LogP) is 2.04. The Morgan fingerprint density at radius 1 is 1.64 bits per heavy atom. The molecule has 0 radical (unpaired) electrons. The first-order valence-corrected chi connectivity index (χ1v) is 3.07. The number of halogens is 2. The Morgan fingerprint density at radius 2 is 2.36 bits per heavy atom. The van der Waals surface area contributed by atoms with Crippen LogP contribution in [0.5, 0.6) is 5.75 Å². The Bertz CT molecular complexity index is 219. The number of pyridine rings is 1. The van der Waals surface area contributed by atoms with Gasteiger partial charge in [-0.1, -0.05) is 0 Å². The van der Waals surface area contributed by atoms with Crippen molar-refractivity contribution in [3.8, 4) is 5.75 Å². The minimum absolute atomic E-state index is 0. The zero-order valence-electron chi connectivity index (χ0n) is 6.08. The van der Waals surface area contributed by atoms with Gasteiger partial charge in [0.05, 0.1) is 12.8 Å². The summed E-state index contributed by atoms with van der Waals surface area (Å²) in [6, 6.07) is 1.50. The van der Waals surface area contributed by atoms with Gasteiger partial charge in [-0.25, -0.2) is 4.39 Å². The van der Waals surface area contributed by atoms with Crippen molar-refractivity contribution in [1.29, 1.82) is 0 Å². The Labute approximate surface area is 70.8 Å². The summed E-state index contributed by atoms with van der Waals surface area (Å²) in [5, 5.41) is 0. The van der Waals surface area contributed by atoms with E-state index >= 15 is 0 Å². The fourth-order valence-electron chi connectivity index (χ4n) is 0.635. The van der Waals surface area contributed by atoms with E-state index in [9.17, 15) is 4.39 Å². The largest absolute Gasteiger partial charge is 0.491 e. The van der Waals surface area contributed by atoms with Gasteiger partial charge >= 0.3 is 0 Å². The molecule has 0 saturated heterocycles. The quantitative estimate of drug-likeness (QED) is 0.690. The molecule has 0 amide bonds. The maximum Gasteiger partial charge on any atom is 0.183 e. The third kappa shape index (κ3) is 2.72. The number of rotatable bonds is 2. The van der Waals surface area contributed by atoms with Crippen molar-refractivity contribution >= 4 is 12.4 Å². The van der Waals surface area contributed by atoms with Crippen molar-refractivity contribution < 1.29 is 9.13 Å². The van der Waals surface area contributed by atoms with Crippen molar-refractivity contribution in [2.75, 3.05) is 6.61 Å². The molecule has 0 aromatic carbocycles. The summed E-state index contributed by atoms with van der Waals surface area (Å²) in [5.74, 6) is -0.151. The van der Waals surface area contributed by atoms with Gasteiger partial charge in [0.1, 0.15) is 0 Å². The molecule has 0 N–H and O–H groups in total. The molecule has 0 spiro atoms. The van der Waals surface area contributed by atoms with E-state index < -0.39 is 5.82 Å². The van der Waals surface area contributed by atoms with Gasteiger partial charge in [0.15, 0.2) is 11.6 Å². The molecule has 0 bridgehead atoms. The maximum absolute atomic E-state index is 12.6. The zero-order chi connectivity index (χ0) is 7.40. The molecule has 0 atom stereocenters. The van der Waals surface area contributed by atoms with Crippen molar-refractivity contribution in [2.24, 2.45) is 0 Å². The average molecular weight is 178 g/mol. The van der Waals surface area contributed by atoms with Crippen LogP contribution in [0, 0.1) is 5.82 Å². The average Bonchev–Trinajstić information content (AvgIpc) is 1.94. The number of hydrogen-bond donors (Lipinski definition) is 0. The van der Waals surface area contributed by atoms with E-state index in [-0.39, 0.29) is 18.2 Å². The van der Waals surface area contributed by atoms with Crippen LogP contribution in [0.1, 0.15) is 6.92 Å². The molecule has 4 heteroatoms. The first-order valence-electron chi connectivity index (χ1n) is 3.07. The maximum atomic E-state index is 12.6. The highest BCUT2D eigenvalue weighted by atomic mass is 35.5. The van der Waals surface area contributed by atoms with Crippen LogP contribution in [0.15, 0.2) is 18.5 Å². The second-order valence-corrected chi connectivity index (χ2v) is 1.74. The van der Waals surface area contributed by atoms with Crippen LogP contribution in [-0.2, 0) is 0 Å². The van der Waals surface area contributed by atoms with E-state index in [0.717, 1.165) is 6.20 Å². The number of ether oxygens (including phenoxy) is 1. The van der Waals surface area contributed by atoms with Crippen LogP contribution in [-0.4, -0.2) is 11.6 Å². The van der Waals surface area contributed by atoms with Crippen LogP contribution in [0.3, 0.4) is 0 Å². The van der Waals surface area contributed by atoms with Crippen LogP contribution < -0.4 is 4.74 Å². The number of nitrogens with zero attached hydrogens (tertiary/aromatic N) is 1. The van der Waals surface area contributed by atoms with Gasteiger partial charge in [-0.05, 0) is 6.92 Å². The highest BCUT2D eigenvalue weighted by Gasteiger charge is 1.98. The van der Waals surface area contributed by atoms with Crippen molar-refractivity contribution in [2.45, 2.75) is 6.92 Å². The molecule has 1 aromatic rings. The molecule has 1 aromatic heterocycles. The van der Waals surface area contributed by atoms with Gasteiger partial charge in [-0.15, -0.1) is 12.4 Å². The monoisotopic (exact) mass is 177 g/mol. The fourth-order valence-corrected chi connectivity index (χ4v) is 0.635. The zero-order valence-corrected chi connectivity index (χ0v) is 6.90. The molecule has 2 nitrogen and oxygen atoms in total. The van der Waals surface area contributed by atoms with Crippen molar-refractivity contribution in [3.05, 3.63) is 24.3 Å². The van der Waals surface area contributed by atoms with Crippen molar-refractivity contribution in [1.82, 2.24) is 4.98 Å². The van der Waals surface area contributed by atoms with E-state index in [1.165, 1.54) is 12.3 Å². The topological polar surface area (TPSA) is 22.1 Å². The standard InChI is InChI=1S/C7H8FNO.ClH/c1-2-10-7-3-4-9-5-6(7)8;/h3-5H,2H2,1H3;1H. The smallest absolute Gasteiger partial charge is 0.183 e. The van der Waals surface area contributed by atoms with E-state index in [1.807, 2.05) is 0 Å². The van der Waals surface area contributed by atoms with Crippen LogP contribution in [0.25, 0.3) is 0 Å². The lowest BCUT2D eigenvalue weighted by Crippen LogP contribution is -1.94. The Hall–Kier alpha value is -0.830. The normalized spacial score (nSPS) is 8.55. The molecule has 1 heterocycles. The lowest BCUT2D eigenvalue weighted by molar-refractivity contribution is 0.320. The van der Waals surface area contributed by atoms with Gasteiger partial charge in [-0.2, -0.15) is 0 Å². The molecular formula is C7H9ClFNO. The first-order chi connectivity index (χ1) is 4.84. The minimum atomic E-state index is -0.413. The van der Waals surface area contributed by atoms with E-state index in [1.54, 1.807) is 6.92 Å². The SMILES string of the molecule is CCOc1ccncc1F.Cl. The number of hydrogen-bond acceptors (Lipinski definition) is 2. The summed E-state index contributed by atoms with van der Waals surface area (Å²) in [5.41, 5.74) is 0. The molecule has 0 aliphatic rings. The molecule has 0 fully saturated rings. The molecule has 1 rings (SSSR count). The Morgan fingerprint density at radius 3 is 2.91 bits per heavy atom. The molecule has 0 aliphatic carbocycles. The highest BCUT2D eigenvalue weighted by molar-refractivity contribution is 5.85. The Kier molecular flexibility index (Phi) is 4.54. The van der Waals surface area contributed by atoms with Crippen LogP contribution in [0.4, 0.5) is 4.39 Å². The minimum Gasteiger partial charge on any atom is -0.491 e. The molecule has 62 valence electrons. The second-order valence-electron chi connectivity index (χ2n) is 1.74. The van der Waals surface area contributed by atoms with Crippen LogP contribution >= 0.6 is 12.4 Å². The summed E-state index contributed by atoms with van der Waals surface area (Å²) in [6.45, 7) is 2.28. The van der Waals surface area contributed by atoms with E-state index in [0.29, 0.717) is 6.61 Å². The predicted molar refractivity (Wildman–Crippen MR) is 42.6 cm³/mol. The van der Waals surface area contributed by atoms with Gasteiger partial charge in [0.25, 0.3) is 0 Å². The van der Waals surface area contributed by atoms with Crippen molar-refractivity contribution in [3.63, 3.8) is 0 Å². The lowest BCUT2D eigenvalue weighted by Gasteiger charge is -2.01. The highest BCUT2D eigenvalue weighted by Crippen LogP contribution is 2.12. The fraction of sp³-hybridized carbons (Fsp3) is 0.286. The second kappa shape index (κ2) is 4.91. The summed E-state index contributed by atoms with van der Waals surface area (Å²) in [4.78, 5) is 3.57. The van der Waals surface area contributed by atoms with Gasteiger partial charge in [-0.3, -0.25) is 4.98 Å². The molecular weight excluding hydrogens is 169 g/mol. The van der Waals surface area contributed by atoms with Crippen LogP contribution in [0.2, 0.25) is 0 Å². The lowest BCUT2D eigenvalue weighted by atomic mass is 10.4. The molecule has 0 aliphatic heterocycles. The third-order valence-electron chi connectivity index (χ3n) is 1.04. The van der Waals surface area contributed by atoms with Gasteiger partial charge in [0, 0.05) is 12.3 Å². The van der Waals surface area contributed by atoms with E-state index in [2.05, 4.69) is 4.98 Å². The van der Waals surface area contributed by atoms with Gasteiger partial charge < -0.3 is 4.74 Å². The van der Waals surface area contributed by atoms with Gasteiger partial charge in [0.2, 0.25) is 0 Å². The summed E-state index contributed by atoms with van der Waals surface area (Å²) < 4.78 is 17.5. The molecule has 0 unspecified atom stereocenters. The molecule has 11 heavy (non-hydrogen) atoms. The number of aromatic nitrogens is 1. The third-order valence-corrected chi connectivity index (χ3v) is 1.04.